The lowest BCUT2D eigenvalue weighted by Crippen LogP contribution is -2.01. The Hall–Kier alpha value is -7.23. The maximum Gasteiger partial charge on any atom is 0.164 e. The van der Waals surface area contributed by atoms with Gasteiger partial charge in [-0.2, -0.15) is 0 Å². The SMILES string of the molecule is c1ccc(-c2cccc(-c3cccc(-c4nc(-c5cccc(-c6ccccc6)c5)nc(-c5ccc(-c6ccccc6)c(-c6ccccc6)c5)n4)c3)c2)cc1. The molecule has 54 heavy (non-hydrogen) atoms. The number of aromatic nitrogens is 3. The second-order valence-electron chi connectivity index (χ2n) is 13.3. The van der Waals surface area contributed by atoms with Crippen molar-refractivity contribution in [3.8, 4) is 89.8 Å². The fraction of sp³-hybridized carbons (Fsp3) is 0. The van der Waals surface area contributed by atoms with Crippen LogP contribution < -0.4 is 0 Å². The third kappa shape index (κ3) is 6.87. The van der Waals surface area contributed by atoms with Crippen LogP contribution in [0.4, 0.5) is 0 Å². The van der Waals surface area contributed by atoms with Crippen molar-refractivity contribution in [2.45, 2.75) is 0 Å². The summed E-state index contributed by atoms with van der Waals surface area (Å²) in [4.78, 5) is 15.5. The predicted octanol–water partition coefficient (Wildman–Crippen LogP) is 13.2. The van der Waals surface area contributed by atoms with Crippen LogP contribution in [0, 0.1) is 0 Å². The lowest BCUT2D eigenvalue weighted by molar-refractivity contribution is 1.07. The average Bonchev–Trinajstić information content (AvgIpc) is 3.27. The van der Waals surface area contributed by atoms with Crippen LogP contribution in [0.25, 0.3) is 89.8 Å². The van der Waals surface area contributed by atoms with E-state index < -0.39 is 0 Å². The fourth-order valence-corrected chi connectivity index (χ4v) is 6.99. The first-order valence-electron chi connectivity index (χ1n) is 18.2. The predicted molar refractivity (Wildman–Crippen MR) is 223 cm³/mol. The van der Waals surface area contributed by atoms with E-state index in [4.69, 9.17) is 15.0 Å². The van der Waals surface area contributed by atoms with Gasteiger partial charge in [0.15, 0.2) is 17.5 Å². The van der Waals surface area contributed by atoms with Gasteiger partial charge in [-0.3, -0.25) is 0 Å². The molecule has 0 bridgehead atoms. The van der Waals surface area contributed by atoms with Crippen molar-refractivity contribution < 1.29 is 0 Å². The van der Waals surface area contributed by atoms with E-state index in [1.165, 1.54) is 11.1 Å². The first kappa shape index (κ1) is 32.7. The Morgan fingerprint density at radius 1 is 0.185 bits per heavy atom. The van der Waals surface area contributed by atoms with Gasteiger partial charge >= 0.3 is 0 Å². The monoisotopic (exact) mass is 689 g/mol. The molecule has 0 fully saturated rings. The second-order valence-corrected chi connectivity index (χ2v) is 13.3. The van der Waals surface area contributed by atoms with Crippen molar-refractivity contribution >= 4 is 0 Å². The van der Waals surface area contributed by atoms with Crippen LogP contribution in [-0.2, 0) is 0 Å². The summed E-state index contributed by atoms with van der Waals surface area (Å²) in [7, 11) is 0. The van der Waals surface area contributed by atoms with Crippen LogP contribution >= 0.6 is 0 Å². The zero-order chi connectivity index (χ0) is 36.1. The van der Waals surface area contributed by atoms with Crippen LogP contribution in [-0.4, -0.2) is 15.0 Å². The zero-order valence-electron chi connectivity index (χ0n) is 29.5. The van der Waals surface area contributed by atoms with Crippen LogP contribution in [0.15, 0.2) is 212 Å². The Kier molecular flexibility index (Phi) is 8.94. The molecule has 0 saturated heterocycles. The molecule has 0 amide bonds. The quantitative estimate of drug-likeness (QED) is 0.159. The molecule has 0 aliphatic rings. The van der Waals surface area contributed by atoms with E-state index in [9.17, 15) is 0 Å². The Labute approximate surface area is 316 Å². The Morgan fingerprint density at radius 2 is 0.481 bits per heavy atom. The van der Waals surface area contributed by atoms with Gasteiger partial charge in [-0.05, 0) is 79.9 Å². The van der Waals surface area contributed by atoms with Gasteiger partial charge in [0.1, 0.15) is 0 Å². The average molecular weight is 690 g/mol. The standard InChI is InChI=1S/C51H35N3/c1-5-16-36(17-6-1)40-24-13-26-42(32-40)43-27-15-29-45(34-43)50-52-49(44-28-14-25-41(33-44)37-18-7-2-8-19-37)53-51(54-50)46-30-31-47(38-20-9-3-10-21-38)48(35-46)39-22-11-4-12-23-39/h1-35H. The van der Waals surface area contributed by atoms with Gasteiger partial charge in [-0.15, -0.1) is 0 Å². The fourth-order valence-electron chi connectivity index (χ4n) is 6.99. The van der Waals surface area contributed by atoms with Gasteiger partial charge in [-0.25, -0.2) is 15.0 Å². The Morgan fingerprint density at radius 3 is 0.907 bits per heavy atom. The molecule has 9 aromatic rings. The first-order valence-corrected chi connectivity index (χ1v) is 18.2. The molecule has 0 aliphatic heterocycles. The normalized spacial score (nSPS) is 11.0. The molecule has 1 heterocycles. The van der Waals surface area contributed by atoms with E-state index >= 15 is 0 Å². The van der Waals surface area contributed by atoms with E-state index in [0.29, 0.717) is 17.5 Å². The van der Waals surface area contributed by atoms with Crippen molar-refractivity contribution in [3.63, 3.8) is 0 Å². The van der Waals surface area contributed by atoms with Crippen molar-refractivity contribution in [1.82, 2.24) is 15.0 Å². The molecule has 9 rings (SSSR count). The molecular weight excluding hydrogens is 655 g/mol. The Balaban J connectivity index is 1.20. The maximum atomic E-state index is 5.19. The van der Waals surface area contributed by atoms with Crippen LogP contribution in [0.2, 0.25) is 0 Å². The van der Waals surface area contributed by atoms with Gasteiger partial charge in [0.05, 0.1) is 0 Å². The topological polar surface area (TPSA) is 38.7 Å². The number of hydrogen-bond acceptors (Lipinski definition) is 3. The highest BCUT2D eigenvalue weighted by atomic mass is 15.0. The molecule has 1 aromatic heterocycles. The number of hydrogen-bond donors (Lipinski definition) is 0. The summed E-state index contributed by atoms with van der Waals surface area (Å²) in [5, 5.41) is 0. The third-order valence-electron chi connectivity index (χ3n) is 9.73. The van der Waals surface area contributed by atoms with Gasteiger partial charge in [-0.1, -0.05) is 188 Å². The molecule has 0 saturated carbocycles. The molecule has 0 radical (unpaired) electrons. The highest BCUT2D eigenvalue weighted by Crippen LogP contribution is 2.37. The summed E-state index contributed by atoms with van der Waals surface area (Å²) in [6, 6.07) is 74.1. The number of rotatable bonds is 8. The van der Waals surface area contributed by atoms with E-state index in [2.05, 4.69) is 200 Å². The number of benzene rings is 8. The summed E-state index contributed by atoms with van der Waals surface area (Å²) < 4.78 is 0. The van der Waals surface area contributed by atoms with Gasteiger partial charge in [0.2, 0.25) is 0 Å². The highest BCUT2D eigenvalue weighted by Gasteiger charge is 2.16. The molecule has 3 nitrogen and oxygen atoms in total. The Bertz CT molecular complexity index is 2690. The molecule has 0 aliphatic carbocycles. The summed E-state index contributed by atoms with van der Waals surface area (Å²) in [6.45, 7) is 0. The number of nitrogens with zero attached hydrogens (tertiary/aromatic N) is 3. The lowest BCUT2D eigenvalue weighted by atomic mass is 9.92. The molecule has 0 unspecified atom stereocenters. The molecule has 0 N–H and O–H groups in total. The third-order valence-corrected chi connectivity index (χ3v) is 9.73. The van der Waals surface area contributed by atoms with Crippen LogP contribution in [0.3, 0.4) is 0 Å². The summed E-state index contributed by atoms with van der Waals surface area (Å²) in [5.41, 5.74) is 14.2. The molecular formula is C51H35N3. The van der Waals surface area contributed by atoms with E-state index in [-0.39, 0.29) is 0 Å². The van der Waals surface area contributed by atoms with Crippen LogP contribution in [0.1, 0.15) is 0 Å². The van der Waals surface area contributed by atoms with Crippen molar-refractivity contribution in [2.75, 3.05) is 0 Å². The summed E-state index contributed by atoms with van der Waals surface area (Å²) in [5.74, 6) is 1.86. The van der Waals surface area contributed by atoms with Gasteiger partial charge in [0, 0.05) is 16.7 Å². The molecule has 254 valence electrons. The second kappa shape index (κ2) is 14.8. The van der Waals surface area contributed by atoms with Gasteiger partial charge in [0.25, 0.3) is 0 Å². The highest BCUT2D eigenvalue weighted by molar-refractivity contribution is 5.87. The molecule has 8 aromatic carbocycles. The summed E-state index contributed by atoms with van der Waals surface area (Å²) >= 11 is 0. The van der Waals surface area contributed by atoms with E-state index in [0.717, 1.165) is 61.2 Å². The zero-order valence-corrected chi connectivity index (χ0v) is 29.5. The van der Waals surface area contributed by atoms with Crippen molar-refractivity contribution in [2.24, 2.45) is 0 Å². The molecule has 0 atom stereocenters. The van der Waals surface area contributed by atoms with E-state index in [1.54, 1.807) is 0 Å². The minimum absolute atomic E-state index is 0.619. The molecule has 0 spiro atoms. The first-order chi connectivity index (χ1) is 26.7. The van der Waals surface area contributed by atoms with E-state index in [1.807, 2.05) is 12.1 Å². The minimum atomic E-state index is 0.619. The smallest absolute Gasteiger partial charge is 0.164 e. The lowest BCUT2D eigenvalue weighted by Gasteiger charge is -2.14. The molecule has 3 heteroatoms. The van der Waals surface area contributed by atoms with Crippen molar-refractivity contribution in [1.29, 1.82) is 0 Å². The maximum absolute atomic E-state index is 5.19. The van der Waals surface area contributed by atoms with Crippen molar-refractivity contribution in [3.05, 3.63) is 212 Å². The van der Waals surface area contributed by atoms with Crippen LogP contribution in [0.5, 0.6) is 0 Å². The largest absolute Gasteiger partial charge is 0.208 e. The minimum Gasteiger partial charge on any atom is -0.208 e. The summed E-state index contributed by atoms with van der Waals surface area (Å²) in [6.07, 6.45) is 0. The van der Waals surface area contributed by atoms with Gasteiger partial charge < -0.3 is 0 Å².